The maximum Gasteiger partial charge on any atom is 0.225 e. The third-order valence-electron chi connectivity index (χ3n) is 5.64. The summed E-state index contributed by atoms with van der Waals surface area (Å²) >= 11 is 0. The van der Waals surface area contributed by atoms with Gasteiger partial charge in [0, 0.05) is 51.1 Å². The van der Waals surface area contributed by atoms with Gasteiger partial charge in [-0.1, -0.05) is 0 Å². The van der Waals surface area contributed by atoms with Gasteiger partial charge in [0.05, 0.1) is 18.9 Å². The zero-order chi connectivity index (χ0) is 20.4. The molecule has 2 aliphatic heterocycles. The van der Waals surface area contributed by atoms with Crippen LogP contribution in [0.5, 0.6) is 0 Å². The molecule has 2 aromatic rings. The minimum Gasteiger partial charge on any atom is -0.469 e. The van der Waals surface area contributed by atoms with Crippen LogP contribution < -0.4 is 15.5 Å². The molecule has 0 bridgehead atoms. The summed E-state index contributed by atoms with van der Waals surface area (Å²) in [5, 5.41) is 7.11. The van der Waals surface area contributed by atoms with Crippen LogP contribution in [-0.2, 0) is 11.2 Å². The largest absolute Gasteiger partial charge is 0.469 e. The summed E-state index contributed by atoms with van der Waals surface area (Å²) in [5.74, 6) is 2.66. The van der Waals surface area contributed by atoms with Crippen molar-refractivity contribution in [2.75, 3.05) is 37.7 Å². The Morgan fingerprint density at radius 1 is 1.13 bits per heavy atom. The van der Waals surface area contributed by atoms with Gasteiger partial charge in [0.15, 0.2) is 5.96 Å². The lowest BCUT2D eigenvalue weighted by molar-refractivity contribution is 0.0224. The van der Waals surface area contributed by atoms with Crippen LogP contribution in [0.2, 0.25) is 0 Å². The predicted molar refractivity (Wildman–Crippen MR) is 132 cm³/mol. The Balaban J connectivity index is 0.00000272. The molecule has 4 rings (SSSR count). The molecule has 1 unspecified atom stereocenters. The average Bonchev–Trinajstić information content (AvgIpc) is 3.33. The van der Waals surface area contributed by atoms with E-state index in [4.69, 9.17) is 14.1 Å². The predicted octanol–water partition coefficient (Wildman–Crippen LogP) is 3.00. The number of hydrogen-bond acceptors (Lipinski definition) is 6. The second kappa shape index (κ2) is 12.8. The highest BCUT2D eigenvalue weighted by Gasteiger charge is 2.22. The molecule has 4 heterocycles. The molecule has 8 nitrogen and oxygen atoms in total. The lowest BCUT2D eigenvalue weighted by atomic mass is 10.1. The quantitative estimate of drug-likeness (QED) is 0.317. The average molecular weight is 540 g/mol. The monoisotopic (exact) mass is 540 g/mol. The summed E-state index contributed by atoms with van der Waals surface area (Å²) in [7, 11) is 0. The van der Waals surface area contributed by atoms with E-state index >= 15 is 0 Å². The molecule has 0 aromatic carbocycles. The molecule has 9 heteroatoms. The number of halogens is 1. The fourth-order valence-corrected chi connectivity index (χ4v) is 3.93. The number of furan rings is 1. The first-order valence-corrected chi connectivity index (χ1v) is 11.1. The highest BCUT2D eigenvalue weighted by atomic mass is 127. The first-order valence-electron chi connectivity index (χ1n) is 11.1. The number of aromatic nitrogens is 2. The van der Waals surface area contributed by atoms with Crippen molar-refractivity contribution in [1.29, 1.82) is 0 Å². The van der Waals surface area contributed by atoms with E-state index in [1.807, 2.05) is 18.2 Å². The van der Waals surface area contributed by atoms with Crippen molar-refractivity contribution in [1.82, 2.24) is 20.6 Å². The van der Waals surface area contributed by atoms with Crippen molar-refractivity contribution in [3.05, 3.63) is 42.6 Å². The Morgan fingerprint density at radius 3 is 2.68 bits per heavy atom. The normalized spacial score (nSPS) is 20.2. The van der Waals surface area contributed by atoms with Crippen LogP contribution in [0.25, 0.3) is 0 Å². The van der Waals surface area contributed by atoms with Crippen molar-refractivity contribution >= 4 is 35.9 Å². The van der Waals surface area contributed by atoms with Crippen LogP contribution in [0.3, 0.4) is 0 Å². The van der Waals surface area contributed by atoms with Crippen LogP contribution in [0.4, 0.5) is 5.95 Å². The third kappa shape index (κ3) is 7.64. The molecule has 2 aliphatic rings. The first-order chi connectivity index (χ1) is 14.9. The second-order valence-corrected chi connectivity index (χ2v) is 7.89. The zero-order valence-corrected chi connectivity index (χ0v) is 20.2. The number of anilines is 1. The summed E-state index contributed by atoms with van der Waals surface area (Å²) < 4.78 is 11.3. The maximum absolute atomic E-state index is 5.85. The number of hydrogen-bond donors (Lipinski definition) is 2. The Bertz CT molecular complexity index is 760. The van der Waals surface area contributed by atoms with Crippen LogP contribution >= 0.6 is 24.0 Å². The molecule has 0 radical (unpaired) electrons. The van der Waals surface area contributed by atoms with Crippen molar-refractivity contribution in [3.63, 3.8) is 0 Å². The molecule has 31 heavy (non-hydrogen) atoms. The van der Waals surface area contributed by atoms with Crippen LogP contribution in [-0.4, -0.2) is 60.9 Å². The molecule has 170 valence electrons. The molecule has 2 aromatic heterocycles. The van der Waals surface area contributed by atoms with Gasteiger partial charge in [0.25, 0.3) is 0 Å². The van der Waals surface area contributed by atoms with Gasteiger partial charge in [-0.15, -0.1) is 24.0 Å². The Labute approximate surface area is 201 Å². The van der Waals surface area contributed by atoms with Crippen molar-refractivity contribution in [2.45, 2.75) is 50.7 Å². The lowest BCUT2D eigenvalue weighted by Crippen LogP contribution is -2.49. The van der Waals surface area contributed by atoms with Gasteiger partial charge in [-0.05, 0) is 50.3 Å². The standard InChI is InChI=1S/C22H32N6O2.HI/c1-2-15-30-20(5-1)17-26-21(23-12-7-19-6-3-16-29-19)27-18-8-13-28(14-9-18)22-24-10-4-11-25-22;/h3-4,6,10-11,16,18,20H,1-2,5,7-9,12-15,17H2,(H2,23,26,27);1H. The smallest absolute Gasteiger partial charge is 0.225 e. The Morgan fingerprint density at radius 2 is 1.97 bits per heavy atom. The fraction of sp³-hybridized carbons (Fsp3) is 0.591. The molecule has 0 spiro atoms. The molecular formula is C22H33IN6O2. The summed E-state index contributed by atoms with van der Waals surface area (Å²) in [4.78, 5) is 15.8. The summed E-state index contributed by atoms with van der Waals surface area (Å²) in [6.07, 6.45) is 11.9. The van der Waals surface area contributed by atoms with Crippen LogP contribution in [0.1, 0.15) is 37.9 Å². The van der Waals surface area contributed by atoms with E-state index in [-0.39, 0.29) is 30.1 Å². The summed E-state index contributed by atoms with van der Waals surface area (Å²) in [6.45, 7) is 4.21. The van der Waals surface area contributed by atoms with Crippen LogP contribution in [0, 0.1) is 0 Å². The Hall–Kier alpha value is -1.88. The molecule has 0 aliphatic carbocycles. The van der Waals surface area contributed by atoms with E-state index in [9.17, 15) is 0 Å². The number of nitrogens with one attached hydrogen (secondary N) is 2. The van der Waals surface area contributed by atoms with E-state index in [1.165, 1.54) is 6.42 Å². The highest BCUT2D eigenvalue weighted by Crippen LogP contribution is 2.16. The SMILES string of the molecule is I.c1cnc(N2CCC(NC(=NCC3CCCCO3)NCCc3ccco3)CC2)nc1. The van der Waals surface area contributed by atoms with Gasteiger partial charge in [0.2, 0.25) is 5.95 Å². The minimum atomic E-state index is 0. The maximum atomic E-state index is 5.85. The van der Waals surface area contributed by atoms with Crippen molar-refractivity contribution in [2.24, 2.45) is 4.99 Å². The Kier molecular flexibility index (Phi) is 9.85. The van der Waals surface area contributed by atoms with Gasteiger partial charge < -0.3 is 24.7 Å². The van der Waals surface area contributed by atoms with Crippen molar-refractivity contribution in [3.8, 4) is 0 Å². The number of nitrogens with zero attached hydrogens (tertiary/aromatic N) is 4. The second-order valence-electron chi connectivity index (χ2n) is 7.89. The topological polar surface area (TPSA) is 87.8 Å². The summed E-state index contributed by atoms with van der Waals surface area (Å²) in [6, 6.07) is 6.16. The lowest BCUT2D eigenvalue weighted by Gasteiger charge is -2.33. The number of piperidine rings is 1. The third-order valence-corrected chi connectivity index (χ3v) is 5.64. The van der Waals surface area contributed by atoms with Gasteiger partial charge in [-0.3, -0.25) is 4.99 Å². The van der Waals surface area contributed by atoms with Gasteiger partial charge in [-0.25, -0.2) is 9.97 Å². The number of guanidine groups is 1. The van der Waals surface area contributed by atoms with Gasteiger partial charge in [0.1, 0.15) is 5.76 Å². The summed E-state index contributed by atoms with van der Waals surface area (Å²) in [5.41, 5.74) is 0. The number of aliphatic imine (C=N–C) groups is 1. The molecule has 0 amide bonds. The van der Waals surface area contributed by atoms with Gasteiger partial charge in [-0.2, -0.15) is 0 Å². The highest BCUT2D eigenvalue weighted by molar-refractivity contribution is 14.0. The van der Waals surface area contributed by atoms with E-state index in [2.05, 4.69) is 25.5 Å². The minimum absolute atomic E-state index is 0. The number of ether oxygens (including phenoxy) is 1. The van der Waals surface area contributed by atoms with E-state index in [1.54, 1.807) is 18.7 Å². The van der Waals surface area contributed by atoms with E-state index in [0.29, 0.717) is 12.6 Å². The molecular weight excluding hydrogens is 507 g/mol. The van der Waals surface area contributed by atoms with E-state index in [0.717, 1.165) is 76.0 Å². The molecule has 2 saturated heterocycles. The van der Waals surface area contributed by atoms with Crippen LogP contribution in [0.15, 0.2) is 46.3 Å². The van der Waals surface area contributed by atoms with E-state index < -0.39 is 0 Å². The molecule has 2 N–H and O–H groups in total. The zero-order valence-electron chi connectivity index (χ0n) is 17.9. The fourth-order valence-electron chi connectivity index (χ4n) is 3.93. The molecule has 1 atom stereocenters. The first kappa shape index (κ1) is 23.8. The van der Waals surface area contributed by atoms with Gasteiger partial charge >= 0.3 is 0 Å². The molecule has 2 fully saturated rings. The molecule has 0 saturated carbocycles. The van der Waals surface area contributed by atoms with Crippen molar-refractivity contribution < 1.29 is 9.15 Å². The number of rotatable bonds is 7.